The Labute approximate surface area is 215 Å². The van der Waals surface area contributed by atoms with Gasteiger partial charge in [-0.05, 0) is 54.6 Å². The Morgan fingerprint density at radius 2 is 1.86 bits per heavy atom. The fraction of sp³-hybridized carbons (Fsp3) is 0.586. The number of ether oxygens (including phenoxy) is 5. The predicted octanol–water partition coefficient (Wildman–Crippen LogP) is 3.89. The summed E-state index contributed by atoms with van der Waals surface area (Å²) in [5.74, 6) is 1.35. The average molecular weight is 497 g/mol. The van der Waals surface area contributed by atoms with Gasteiger partial charge in [0.25, 0.3) is 0 Å². The Morgan fingerprint density at radius 1 is 1.00 bits per heavy atom. The van der Waals surface area contributed by atoms with Crippen LogP contribution in [0.1, 0.15) is 41.9 Å². The van der Waals surface area contributed by atoms with Crippen molar-refractivity contribution < 1.29 is 23.7 Å². The molecule has 36 heavy (non-hydrogen) atoms. The molecule has 0 aromatic heterocycles. The SMILES string of the molecule is COCCCN1CCOc2ccc(COC3CNCCC3c3ccc(COC4CCOC4)cc3)cc21. The molecule has 3 aliphatic rings. The van der Waals surface area contributed by atoms with Crippen LogP contribution in [-0.2, 0) is 32.2 Å². The van der Waals surface area contributed by atoms with Gasteiger partial charge in [0.1, 0.15) is 12.4 Å². The van der Waals surface area contributed by atoms with E-state index >= 15 is 0 Å². The van der Waals surface area contributed by atoms with Crippen LogP contribution < -0.4 is 15.0 Å². The minimum absolute atomic E-state index is 0.140. The van der Waals surface area contributed by atoms with Crippen LogP contribution in [0.4, 0.5) is 5.69 Å². The fourth-order valence-electron chi connectivity index (χ4n) is 5.35. The first-order valence-corrected chi connectivity index (χ1v) is 13.4. The molecule has 3 heterocycles. The molecule has 0 saturated carbocycles. The molecule has 2 aromatic carbocycles. The number of piperidine rings is 1. The van der Waals surface area contributed by atoms with Crippen molar-refractivity contribution in [3.8, 4) is 5.75 Å². The van der Waals surface area contributed by atoms with Crippen LogP contribution in [0.15, 0.2) is 42.5 Å². The largest absolute Gasteiger partial charge is 0.490 e. The van der Waals surface area contributed by atoms with Crippen LogP contribution in [0.25, 0.3) is 0 Å². The number of rotatable bonds is 11. The Hall–Kier alpha value is -2.16. The van der Waals surface area contributed by atoms with Gasteiger partial charge in [0.05, 0.1) is 44.3 Å². The van der Waals surface area contributed by atoms with Crippen molar-refractivity contribution in [1.82, 2.24) is 5.32 Å². The smallest absolute Gasteiger partial charge is 0.142 e. The monoisotopic (exact) mass is 496 g/mol. The molecule has 196 valence electrons. The van der Waals surface area contributed by atoms with E-state index in [0.29, 0.717) is 19.1 Å². The van der Waals surface area contributed by atoms with Gasteiger partial charge in [-0.3, -0.25) is 0 Å². The Morgan fingerprint density at radius 3 is 2.69 bits per heavy atom. The lowest BCUT2D eigenvalue weighted by Crippen LogP contribution is -2.41. The van der Waals surface area contributed by atoms with Crippen molar-refractivity contribution >= 4 is 5.69 Å². The third kappa shape index (κ3) is 6.58. The molecule has 0 aliphatic carbocycles. The van der Waals surface area contributed by atoms with E-state index in [0.717, 1.165) is 77.6 Å². The minimum Gasteiger partial charge on any atom is -0.490 e. The third-order valence-corrected chi connectivity index (χ3v) is 7.43. The van der Waals surface area contributed by atoms with Gasteiger partial charge in [-0.2, -0.15) is 0 Å². The van der Waals surface area contributed by atoms with Crippen LogP contribution in [0.5, 0.6) is 5.75 Å². The molecule has 1 N–H and O–H groups in total. The van der Waals surface area contributed by atoms with Crippen molar-refractivity contribution in [2.24, 2.45) is 0 Å². The molecule has 3 aliphatic heterocycles. The highest BCUT2D eigenvalue weighted by molar-refractivity contribution is 5.61. The average Bonchev–Trinajstić information content (AvgIpc) is 3.45. The van der Waals surface area contributed by atoms with Gasteiger partial charge < -0.3 is 33.9 Å². The maximum Gasteiger partial charge on any atom is 0.142 e. The molecule has 0 bridgehead atoms. The molecule has 2 fully saturated rings. The lowest BCUT2D eigenvalue weighted by molar-refractivity contribution is 0.0106. The summed E-state index contributed by atoms with van der Waals surface area (Å²) in [6, 6.07) is 15.4. The number of fused-ring (bicyclic) bond motifs is 1. The van der Waals surface area contributed by atoms with Gasteiger partial charge in [0, 0.05) is 39.3 Å². The summed E-state index contributed by atoms with van der Waals surface area (Å²) in [7, 11) is 1.76. The molecule has 0 amide bonds. The Balaban J connectivity index is 1.18. The molecule has 2 saturated heterocycles. The van der Waals surface area contributed by atoms with Crippen LogP contribution >= 0.6 is 0 Å². The highest BCUT2D eigenvalue weighted by Gasteiger charge is 2.27. The normalized spacial score (nSPS) is 23.9. The van der Waals surface area contributed by atoms with Gasteiger partial charge in [-0.25, -0.2) is 0 Å². The Kier molecular flexibility index (Phi) is 9.12. The first kappa shape index (κ1) is 25.5. The number of benzene rings is 2. The number of anilines is 1. The van der Waals surface area contributed by atoms with Crippen molar-refractivity contribution in [1.29, 1.82) is 0 Å². The molecule has 2 aromatic rings. The Bertz CT molecular complexity index is 947. The summed E-state index contributed by atoms with van der Waals surface area (Å²) in [4.78, 5) is 2.40. The second-order valence-corrected chi connectivity index (χ2v) is 9.97. The summed E-state index contributed by atoms with van der Waals surface area (Å²) in [5.41, 5.74) is 4.91. The van der Waals surface area contributed by atoms with Gasteiger partial charge in [-0.15, -0.1) is 0 Å². The molecule has 7 heteroatoms. The van der Waals surface area contributed by atoms with Crippen molar-refractivity contribution in [2.45, 2.75) is 50.6 Å². The van der Waals surface area contributed by atoms with Crippen LogP contribution in [0.2, 0.25) is 0 Å². The number of nitrogens with one attached hydrogen (secondary N) is 1. The van der Waals surface area contributed by atoms with Crippen LogP contribution in [0.3, 0.4) is 0 Å². The summed E-state index contributed by atoms with van der Waals surface area (Å²) >= 11 is 0. The number of nitrogens with zero attached hydrogens (tertiary/aromatic N) is 1. The second-order valence-electron chi connectivity index (χ2n) is 9.97. The van der Waals surface area contributed by atoms with Gasteiger partial charge >= 0.3 is 0 Å². The van der Waals surface area contributed by atoms with Gasteiger partial charge in [0.2, 0.25) is 0 Å². The van der Waals surface area contributed by atoms with E-state index in [1.165, 1.54) is 22.4 Å². The zero-order valence-electron chi connectivity index (χ0n) is 21.5. The van der Waals surface area contributed by atoms with E-state index in [1.54, 1.807) is 7.11 Å². The topological polar surface area (TPSA) is 61.4 Å². The molecular weight excluding hydrogens is 456 g/mol. The van der Waals surface area contributed by atoms with Crippen molar-refractivity contribution in [2.75, 3.05) is 64.6 Å². The number of hydrogen-bond donors (Lipinski definition) is 1. The standard InChI is InChI=1S/C29H40N2O5/c1-32-14-2-12-31-13-16-34-28-8-5-23(17-27(28)31)20-36-29-18-30-11-9-26(29)24-6-3-22(4-7-24)19-35-25-10-15-33-21-25/h3-8,17,25-26,29-30H,2,9-16,18-21H2,1H3. The lowest BCUT2D eigenvalue weighted by Gasteiger charge is -2.33. The molecular formula is C29H40N2O5. The first-order valence-electron chi connectivity index (χ1n) is 13.4. The van der Waals surface area contributed by atoms with Gasteiger partial charge in [-0.1, -0.05) is 30.3 Å². The van der Waals surface area contributed by atoms with E-state index in [4.69, 9.17) is 23.7 Å². The zero-order chi connectivity index (χ0) is 24.6. The molecule has 3 atom stereocenters. The fourth-order valence-corrected chi connectivity index (χ4v) is 5.35. The number of hydrogen-bond acceptors (Lipinski definition) is 7. The van der Waals surface area contributed by atoms with Crippen molar-refractivity contribution in [3.05, 3.63) is 59.2 Å². The predicted molar refractivity (Wildman–Crippen MR) is 140 cm³/mol. The van der Waals surface area contributed by atoms with E-state index in [-0.39, 0.29) is 12.2 Å². The molecule has 5 rings (SSSR count). The zero-order valence-corrected chi connectivity index (χ0v) is 21.5. The van der Waals surface area contributed by atoms with Gasteiger partial charge in [0.15, 0.2) is 0 Å². The molecule has 0 radical (unpaired) electrons. The molecule has 7 nitrogen and oxygen atoms in total. The van der Waals surface area contributed by atoms with E-state index in [2.05, 4.69) is 52.7 Å². The third-order valence-electron chi connectivity index (χ3n) is 7.43. The van der Waals surface area contributed by atoms with E-state index in [9.17, 15) is 0 Å². The number of methoxy groups -OCH3 is 1. The molecule has 3 unspecified atom stereocenters. The summed E-state index contributed by atoms with van der Waals surface area (Å²) in [6.07, 6.45) is 3.45. The second kappa shape index (κ2) is 12.9. The summed E-state index contributed by atoms with van der Waals surface area (Å²) in [6.45, 7) is 8.03. The highest BCUT2D eigenvalue weighted by atomic mass is 16.5. The lowest BCUT2D eigenvalue weighted by atomic mass is 9.87. The van der Waals surface area contributed by atoms with E-state index < -0.39 is 0 Å². The summed E-state index contributed by atoms with van der Waals surface area (Å²) < 4.78 is 29.1. The molecule has 0 spiro atoms. The summed E-state index contributed by atoms with van der Waals surface area (Å²) in [5, 5.41) is 3.52. The van der Waals surface area contributed by atoms with E-state index in [1.807, 2.05) is 0 Å². The highest BCUT2D eigenvalue weighted by Crippen LogP contribution is 2.34. The van der Waals surface area contributed by atoms with Crippen molar-refractivity contribution in [3.63, 3.8) is 0 Å². The van der Waals surface area contributed by atoms with Crippen LogP contribution in [-0.4, -0.2) is 71.9 Å². The minimum atomic E-state index is 0.140. The maximum atomic E-state index is 6.53. The first-order chi connectivity index (χ1) is 17.8. The quantitative estimate of drug-likeness (QED) is 0.474. The van der Waals surface area contributed by atoms with Crippen LogP contribution in [0, 0.1) is 0 Å². The maximum absolute atomic E-state index is 6.53.